The third kappa shape index (κ3) is 3.28. The average molecular weight is 300 g/mol. The van der Waals surface area contributed by atoms with Gasteiger partial charge in [0, 0.05) is 18.4 Å². The van der Waals surface area contributed by atoms with Crippen molar-refractivity contribution < 1.29 is 34.8 Å². The van der Waals surface area contributed by atoms with Crippen molar-refractivity contribution in [3.8, 4) is 5.75 Å². The number of nitro groups is 1. The monoisotopic (exact) mass is 300 g/mol. The van der Waals surface area contributed by atoms with Crippen LogP contribution in [0.25, 0.3) is 0 Å². The second-order valence-electron chi connectivity index (χ2n) is 4.54. The normalized spacial score (nSPS) is 30.1. The van der Waals surface area contributed by atoms with E-state index < -0.39 is 42.2 Å². The van der Waals surface area contributed by atoms with Crippen molar-refractivity contribution >= 4 is 5.69 Å². The summed E-state index contributed by atoms with van der Waals surface area (Å²) < 4.78 is 10.1. The molecular weight excluding hydrogens is 286 g/mol. The molecule has 3 N–H and O–H groups in total. The van der Waals surface area contributed by atoms with E-state index in [1.807, 2.05) is 0 Å². The lowest BCUT2D eigenvalue weighted by Crippen LogP contribution is -2.45. The highest BCUT2D eigenvalue weighted by atomic mass is 16.7. The Morgan fingerprint density at radius 3 is 2.52 bits per heavy atom. The highest BCUT2D eigenvalue weighted by Crippen LogP contribution is 2.26. The Kier molecular flexibility index (Phi) is 4.70. The largest absolute Gasteiger partial charge is 0.828 e. The van der Waals surface area contributed by atoms with Gasteiger partial charge < -0.3 is 29.9 Å². The van der Waals surface area contributed by atoms with E-state index in [0.717, 1.165) is 0 Å². The van der Waals surface area contributed by atoms with Crippen LogP contribution in [0.4, 0.5) is 5.69 Å². The van der Waals surface area contributed by atoms with Crippen LogP contribution in [0, 0.1) is 10.1 Å². The number of non-ortho nitro benzene ring substituents is 1. The molecule has 0 radical (unpaired) electrons. The lowest BCUT2D eigenvalue weighted by atomic mass is 10.1. The van der Waals surface area contributed by atoms with Crippen molar-refractivity contribution in [1.82, 2.24) is 0 Å². The van der Waals surface area contributed by atoms with Crippen molar-refractivity contribution in [3.63, 3.8) is 0 Å². The first-order chi connectivity index (χ1) is 9.93. The zero-order chi connectivity index (χ0) is 15.6. The number of rotatable bonds is 5. The summed E-state index contributed by atoms with van der Waals surface area (Å²) >= 11 is 0. The Hall–Kier alpha value is -1.78. The van der Waals surface area contributed by atoms with Gasteiger partial charge in [-0.3, -0.25) is 10.1 Å². The third-order valence-corrected chi connectivity index (χ3v) is 3.12. The number of aliphatic hydroxyl groups excluding tert-OH is 3. The molecule has 9 heteroatoms. The molecular formula is C12H14NO8-. The maximum atomic E-state index is 11.7. The van der Waals surface area contributed by atoms with Crippen molar-refractivity contribution in [2.75, 3.05) is 6.61 Å². The van der Waals surface area contributed by atoms with Gasteiger partial charge in [0.05, 0.1) is 11.5 Å². The summed E-state index contributed by atoms with van der Waals surface area (Å²) in [6.45, 7) is -0.668. The Balaban J connectivity index is 2.06. The Labute approximate surface area is 119 Å². The number of nitrogens with zero attached hydrogens (tertiary/aromatic N) is 1. The molecule has 1 aliphatic heterocycles. The van der Waals surface area contributed by atoms with Crippen molar-refractivity contribution in [1.29, 1.82) is 0 Å². The molecule has 0 unspecified atom stereocenters. The third-order valence-electron chi connectivity index (χ3n) is 3.12. The van der Waals surface area contributed by atoms with E-state index in [-0.39, 0.29) is 11.4 Å². The first kappa shape index (κ1) is 15.6. The molecule has 2 rings (SSSR count). The molecule has 0 amide bonds. The maximum Gasteiger partial charge on any atom is 0.269 e. The summed E-state index contributed by atoms with van der Waals surface area (Å²) in [5, 5.41) is 50.3. The highest BCUT2D eigenvalue weighted by molar-refractivity contribution is 5.36. The van der Waals surface area contributed by atoms with Crippen LogP contribution in [0.15, 0.2) is 24.3 Å². The second-order valence-corrected chi connectivity index (χ2v) is 4.54. The second kappa shape index (κ2) is 6.33. The summed E-state index contributed by atoms with van der Waals surface area (Å²) in [5.74, 6) is 0.147. The summed E-state index contributed by atoms with van der Waals surface area (Å²) in [7, 11) is 0. The van der Waals surface area contributed by atoms with E-state index in [0.29, 0.717) is 0 Å². The molecule has 0 saturated carbocycles. The molecule has 1 fully saturated rings. The van der Waals surface area contributed by atoms with Gasteiger partial charge in [0.25, 0.3) is 5.69 Å². The first-order valence-corrected chi connectivity index (χ1v) is 6.13. The molecule has 1 heterocycles. The summed E-state index contributed by atoms with van der Waals surface area (Å²) in [6.07, 6.45) is -7.12. The van der Waals surface area contributed by atoms with Gasteiger partial charge >= 0.3 is 0 Å². The quantitative estimate of drug-likeness (QED) is 0.424. The Morgan fingerprint density at radius 1 is 1.38 bits per heavy atom. The van der Waals surface area contributed by atoms with Gasteiger partial charge in [0.15, 0.2) is 0 Å². The van der Waals surface area contributed by atoms with Crippen LogP contribution in [-0.4, -0.2) is 57.6 Å². The lowest BCUT2D eigenvalue weighted by molar-refractivity contribution is -0.497. The Bertz CT molecular complexity index is 493. The SMILES string of the molecule is O=[N+]([O-])c1ccc(O[C@@H]2[C@@H](O)[C@H]([C@H](O)CO)O[C@H]2[O-])cc1. The fraction of sp³-hybridized carbons (Fsp3) is 0.500. The number of ether oxygens (including phenoxy) is 2. The fourth-order valence-electron chi connectivity index (χ4n) is 2.01. The van der Waals surface area contributed by atoms with E-state index in [1.54, 1.807) is 0 Å². The van der Waals surface area contributed by atoms with E-state index in [2.05, 4.69) is 0 Å². The van der Waals surface area contributed by atoms with Gasteiger partial charge in [0.2, 0.25) is 0 Å². The van der Waals surface area contributed by atoms with Crippen LogP contribution < -0.4 is 9.84 Å². The number of benzene rings is 1. The molecule has 9 nitrogen and oxygen atoms in total. The van der Waals surface area contributed by atoms with Gasteiger partial charge in [-0.05, 0) is 12.1 Å². The molecule has 0 aromatic heterocycles. The minimum atomic E-state index is -1.75. The van der Waals surface area contributed by atoms with E-state index in [9.17, 15) is 25.4 Å². The van der Waals surface area contributed by atoms with E-state index in [1.165, 1.54) is 24.3 Å². The molecule has 0 aliphatic carbocycles. The number of nitro benzene ring substituents is 1. The van der Waals surface area contributed by atoms with E-state index >= 15 is 0 Å². The number of hydrogen-bond acceptors (Lipinski definition) is 8. The number of aliphatic hydroxyl groups is 3. The van der Waals surface area contributed by atoms with Crippen LogP contribution in [0.1, 0.15) is 0 Å². The minimum absolute atomic E-state index is 0.141. The molecule has 1 aliphatic rings. The molecule has 0 spiro atoms. The zero-order valence-corrected chi connectivity index (χ0v) is 10.7. The van der Waals surface area contributed by atoms with Crippen LogP contribution in [0.2, 0.25) is 0 Å². The molecule has 116 valence electrons. The zero-order valence-electron chi connectivity index (χ0n) is 10.7. The summed E-state index contributed by atoms with van der Waals surface area (Å²) in [4.78, 5) is 9.93. The smallest absolute Gasteiger partial charge is 0.269 e. The van der Waals surface area contributed by atoms with Gasteiger partial charge in [0.1, 0.15) is 30.2 Å². The van der Waals surface area contributed by atoms with Gasteiger partial charge in [-0.2, -0.15) is 0 Å². The molecule has 21 heavy (non-hydrogen) atoms. The predicted octanol–water partition coefficient (Wildman–Crippen LogP) is -1.86. The fourth-order valence-corrected chi connectivity index (χ4v) is 2.01. The molecule has 0 bridgehead atoms. The maximum absolute atomic E-state index is 11.7. The lowest BCUT2D eigenvalue weighted by Gasteiger charge is -2.25. The van der Waals surface area contributed by atoms with Crippen LogP contribution >= 0.6 is 0 Å². The van der Waals surface area contributed by atoms with Crippen molar-refractivity contribution in [2.24, 2.45) is 0 Å². The van der Waals surface area contributed by atoms with Crippen molar-refractivity contribution in [2.45, 2.75) is 30.7 Å². The van der Waals surface area contributed by atoms with Crippen LogP contribution in [0.3, 0.4) is 0 Å². The molecule has 1 aromatic rings. The predicted molar refractivity (Wildman–Crippen MR) is 65.3 cm³/mol. The first-order valence-electron chi connectivity index (χ1n) is 6.13. The van der Waals surface area contributed by atoms with Crippen LogP contribution in [-0.2, 0) is 4.74 Å². The highest BCUT2D eigenvalue weighted by Gasteiger charge is 2.43. The van der Waals surface area contributed by atoms with E-state index in [4.69, 9.17) is 14.6 Å². The van der Waals surface area contributed by atoms with Gasteiger partial charge in [-0.1, -0.05) is 0 Å². The topological polar surface area (TPSA) is 145 Å². The number of hydrogen-bond donors (Lipinski definition) is 3. The van der Waals surface area contributed by atoms with Crippen LogP contribution in [0.5, 0.6) is 5.75 Å². The minimum Gasteiger partial charge on any atom is -0.828 e. The summed E-state index contributed by atoms with van der Waals surface area (Å²) in [6, 6.07) is 4.95. The molecule has 5 atom stereocenters. The van der Waals surface area contributed by atoms with Gasteiger partial charge in [-0.25, -0.2) is 0 Å². The summed E-state index contributed by atoms with van der Waals surface area (Å²) in [5.41, 5.74) is -0.141. The standard InChI is InChI=1S/C12H14NO8/c14-5-8(15)10-9(16)11(12(17)21-10)20-7-3-1-6(2-4-7)13(18)19/h1-4,8-12,14-16H,5H2/q-1/t8-,9+,10+,11-,12-/m1/s1. The van der Waals surface area contributed by atoms with Gasteiger partial charge in [-0.15, -0.1) is 0 Å². The van der Waals surface area contributed by atoms with Crippen molar-refractivity contribution in [3.05, 3.63) is 34.4 Å². The molecule has 1 saturated heterocycles. The average Bonchev–Trinajstić information content (AvgIpc) is 2.75. The Morgan fingerprint density at radius 2 is 2.00 bits per heavy atom. The molecule has 1 aromatic carbocycles.